The number of anilines is 1. The molecule has 25 heavy (non-hydrogen) atoms. The lowest BCUT2D eigenvalue weighted by Gasteiger charge is -2.26. The topological polar surface area (TPSA) is 69.8 Å². The van der Waals surface area contributed by atoms with Gasteiger partial charge >= 0.3 is 0 Å². The summed E-state index contributed by atoms with van der Waals surface area (Å²) in [5.41, 5.74) is 1.91. The molecular formula is C19H22N4OS. The monoisotopic (exact) mass is 354 g/mol. The Balaban J connectivity index is 1.54. The second kappa shape index (κ2) is 7.27. The molecule has 1 unspecified atom stereocenters. The molecule has 0 radical (unpaired) electrons. The number of rotatable bonds is 5. The van der Waals surface area contributed by atoms with Crippen molar-refractivity contribution in [3.63, 3.8) is 0 Å². The van der Waals surface area contributed by atoms with Crippen molar-refractivity contribution in [1.82, 2.24) is 15.5 Å². The number of benzene rings is 1. The van der Waals surface area contributed by atoms with Crippen LogP contribution in [0.25, 0.3) is 10.9 Å². The van der Waals surface area contributed by atoms with Gasteiger partial charge in [0.2, 0.25) is 5.91 Å². The van der Waals surface area contributed by atoms with Gasteiger partial charge in [-0.15, -0.1) is 11.3 Å². The molecule has 3 N–H and O–H groups in total. The van der Waals surface area contributed by atoms with Gasteiger partial charge < -0.3 is 10.6 Å². The second-order valence-electron chi connectivity index (χ2n) is 6.61. The fourth-order valence-electron chi connectivity index (χ4n) is 3.45. The van der Waals surface area contributed by atoms with Crippen LogP contribution in [-0.2, 0) is 4.79 Å². The van der Waals surface area contributed by atoms with Crippen LogP contribution in [-0.4, -0.2) is 22.1 Å². The number of thiophene rings is 1. The number of amides is 1. The van der Waals surface area contributed by atoms with Gasteiger partial charge in [0, 0.05) is 22.0 Å². The highest BCUT2D eigenvalue weighted by Gasteiger charge is 2.25. The third-order valence-electron chi connectivity index (χ3n) is 4.79. The summed E-state index contributed by atoms with van der Waals surface area (Å²) in [5.74, 6) is 0.0571. The molecule has 1 atom stereocenters. The molecular weight excluding hydrogens is 332 g/mol. The fourth-order valence-corrected chi connectivity index (χ4v) is 4.23. The third kappa shape index (κ3) is 3.69. The molecule has 1 fully saturated rings. The first-order valence-corrected chi connectivity index (χ1v) is 9.71. The smallest absolute Gasteiger partial charge is 0.248 e. The van der Waals surface area contributed by atoms with Gasteiger partial charge in [-0.25, -0.2) is 0 Å². The summed E-state index contributed by atoms with van der Waals surface area (Å²) in [6.45, 7) is 0. The minimum absolute atomic E-state index is 0.0571. The molecule has 0 bridgehead atoms. The zero-order valence-corrected chi connectivity index (χ0v) is 14.8. The molecule has 3 aromatic rings. The van der Waals surface area contributed by atoms with Crippen LogP contribution in [0.1, 0.15) is 43.0 Å². The molecule has 0 spiro atoms. The van der Waals surface area contributed by atoms with Crippen LogP contribution in [0.4, 0.5) is 5.69 Å². The lowest BCUT2D eigenvalue weighted by atomic mass is 9.95. The SMILES string of the molecule is O=C(NC1CCCCC1)C(Nc1ccc2[nH]ncc2c1)c1cccs1. The normalized spacial score (nSPS) is 16.6. The Morgan fingerprint density at radius 1 is 1.24 bits per heavy atom. The fraction of sp³-hybridized carbons (Fsp3) is 0.368. The molecule has 130 valence electrons. The van der Waals surface area contributed by atoms with Crippen molar-refractivity contribution < 1.29 is 4.79 Å². The number of nitrogens with one attached hydrogen (secondary N) is 3. The number of fused-ring (bicyclic) bond motifs is 1. The highest BCUT2D eigenvalue weighted by atomic mass is 32.1. The summed E-state index contributed by atoms with van der Waals surface area (Å²) >= 11 is 1.60. The van der Waals surface area contributed by atoms with Crippen molar-refractivity contribution in [2.24, 2.45) is 0 Å². The average Bonchev–Trinajstić information content (AvgIpc) is 3.31. The molecule has 0 saturated heterocycles. The van der Waals surface area contributed by atoms with Crippen LogP contribution in [0.15, 0.2) is 41.9 Å². The van der Waals surface area contributed by atoms with Crippen molar-refractivity contribution in [1.29, 1.82) is 0 Å². The Hall–Kier alpha value is -2.34. The van der Waals surface area contributed by atoms with Gasteiger partial charge in [0.05, 0.1) is 11.7 Å². The molecule has 1 aliphatic rings. The molecule has 1 saturated carbocycles. The lowest BCUT2D eigenvalue weighted by molar-refractivity contribution is -0.122. The standard InChI is InChI=1S/C19H22N4OS/c24-19(22-14-5-2-1-3-6-14)18(17-7-4-10-25-17)21-15-8-9-16-13(11-15)12-20-23-16/h4,7-12,14,18,21H,1-3,5-6H2,(H,20,23)(H,22,24). The van der Waals surface area contributed by atoms with Crippen LogP contribution in [0.3, 0.4) is 0 Å². The molecule has 2 aromatic heterocycles. The van der Waals surface area contributed by atoms with E-state index in [9.17, 15) is 4.79 Å². The van der Waals surface area contributed by atoms with Crippen molar-refractivity contribution in [3.8, 4) is 0 Å². The predicted molar refractivity (Wildman–Crippen MR) is 102 cm³/mol. The highest BCUT2D eigenvalue weighted by molar-refractivity contribution is 7.10. The van der Waals surface area contributed by atoms with Crippen LogP contribution < -0.4 is 10.6 Å². The van der Waals surface area contributed by atoms with E-state index in [0.717, 1.165) is 34.3 Å². The van der Waals surface area contributed by atoms with Crippen molar-refractivity contribution >= 4 is 33.8 Å². The summed E-state index contributed by atoms with van der Waals surface area (Å²) in [6, 6.07) is 9.92. The molecule has 5 nitrogen and oxygen atoms in total. The largest absolute Gasteiger partial charge is 0.369 e. The number of aromatic nitrogens is 2. The minimum Gasteiger partial charge on any atom is -0.369 e. The van der Waals surface area contributed by atoms with E-state index in [1.165, 1.54) is 19.3 Å². The summed E-state index contributed by atoms with van der Waals surface area (Å²) < 4.78 is 0. The molecule has 4 rings (SSSR count). The maximum absolute atomic E-state index is 12.9. The Kier molecular flexibility index (Phi) is 4.70. The first-order chi connectivity index (χ1) is 12.3. The Bertz CT molecular complexity index is 836. The summed E-state index contributed by atoms with van der Waals surface area (Å²) in [5, 5.41) is 16.7. The van der Waals surface area contributed by atoms with Gasteiger partial charge in [0.1, 0.15) is 6.04 Å². The van der Waals surface area contributed by atoms with E-state index in [1.54, 1.807) is 17.5 Å². The maximum atomic E-state index is 12.9. The van der Waals surface area contributed by atoms with Gasteiger partial charge in [-0.3, -0.25) is 9.89 Å². The van der Waals surface area contributed by atoms with E-state index < -0.39 is 0 Å². The van der Waals surface area contributed by atoms with E-state index in [0.29, 0.717) is 6.04 Å². The van der Waals surface area contributed by atoms with E-state index >= 15 is 0 Å². The first kappa shape index (κ1) is 16.1. The summed E-state index contributed by atoms with van der Waals surface area (Å²) in [7, 11) is 0. The summed E-state index contributed by atoms with van der Waals surface area (Å²) in [6.07, 6.45) is 7.67. The molecule has 2 heterocycles. The maximum Gasteiger partial charge on any atom is 0.248 e. The lowest BCUT2D eigenvalue weighted by Crippen LogP contribution is -2.41. The minimum atomic E-state index is -0.369. The van der Waals surface area contributed by atoms with Crippen molar-refractivity contribution in [2.45, 2.75) is 44.2 Å². The van der Waals surface area contributed by atoms with Gasteiger partial charge in [-0.1, -0.05) is 25.3 Å². The number of aromatic amines is 1. The van der Waals surface area contributed by atoms with Crippen LogP contribution in [0.2, 0.25) is 0 Å². The van der Waals surface area contributed by atoms with Gasteiger partial charge in [0.15, 0.2) is 0 Å². The van der Waals surface area contributed by atoms with Crippen molar-refractivity contribution in [3.05, 3.63) is 46.8 Å². The Morgan fingerprint density at radius 2 is 2.12 bits per heavy atom. The quantitative estimate of drug-likeness (QED) is 0.642. The van der Waals surface area contributed by atoms with Gasteiger partial charge in [0.25, 0.3) is 0 Å². The van der Waals surface area contributed by atoms with Crippen LogP contribution in [0.5, 0.6) is 0 Å². The highest BCUT2D eigenvalue weighted by Crippen LogP contribution is 2.27. The van der Waals surface area contributed by atoms with Gasteiger partial charge in [-0.2, -0.15) is 5.10 Å². The van der Waals surface area contributed by atoms with E-state index in [4.69, 9.17) is 0 Å². The van der Waals surface area contributed by atoms with Crippen molar-refractivity contribution in [2.75, 3.05) is 5.32 Å². The van der Waals surface area contributed by atoms with Crippen LogP contribution >= 0.6 is 11.3 Å². The first-order valence-electron chi connectivity index (χ1n) is 8.83. The van der Waals surface area contributed by atoms with Crippen LogP contribution in [0, 0.1) is 0 Å². The van der Waals surface area contributed by atoms with E-state index in [2.05, 4.69) is 20.8 Å². The van der Waals surface area contributed by atoms with E-state index in [1.807, 2.05) is 35.7 Å². The molecule has 1 amide bonds. The second-order valence-corrected chi connectivity index (χ2v) is 7.59. The Labute approximate surface area is 150 Å². The third-order valence-corrected chi connectivity index (χ3v) is 5.73. The number of nitrogens with zero attached hydrogens (tertiary/aromatic N) is 1. The number of carbonyl (C=O) groups excluding carboxylic acids is 1. The molecule has 1 aromatic carbocycles. The zero-order chi connectivity index (χ0) is 17.1. The Morgan fingerprint density at radius 3 is 2.92 bits per heavy atom. The molecule has 6 heteroatoms. The van der Waals surface area contributed by atoms with Gasteiger partial charge in [-0.05, 0) is 42.5 Å². The molecule has 0 aliphatic heterocycles. The predicted octanol–water partition coefficient (Wildman–Crippen LogP) is 4.23. The zero-order valence-electron chi connectivity index (χ0n) is 14.0. The molecule has 1 aliphatic carbocycles. The number of H-pyrrole nitrogens is 1. The van der Waals surface area contributed by atoms with E-state index in [-0.39, 0.29) is 11.9 Å². The summed E-state index contributed by atoms with van der Waals surface area (Å²) in [4.78, 5) is 14.0. The number of hydrogen-bond donors (Lipinski definition) is 3. The number of hydrogen-bond acceptors (Lipinski definition) is 4. The number of carbonyl (C=O) groups is 1. The average molecular weight is 354 g/mol.